The van der Waals surface area contributed by atoms with Crippen molar-refractivity contribution in [1.82, 2.24) is 10.2 Å². The van der Waals surface area contributed by atoms with E-state index in [0.29, 0.717) is 17.4 Å². The molecule has 2 aliphatic heterocycles. The third-order valence-electron chi connectivity index (χ3n) is 5.36. The average Bonchev–Trinajstić information content (AvgIpc) is 2.91. The quantitative estimate of drug-likeness (QED) is 0.774. The van der Waals surface area contributed by atoms with Gasteiger partial charge in [-0.2, -0.15) is 0 Å². The van der Waals surface area contributed by atoms with Gasteiger partial charge in [-0.15, -0.1) is 0 Å². The van der Waals surface area contributed by atoms with Gasteiger partial charge >= 0.3 is 0 Å². The smallest absolute Gasteiger partial charge is 0.124 e. The molecule has 3 rings (SSSR count). The Balaban J connectivity index is 1.93. The van der Waals surface area contributed by atoms with Gasteiger partial charge in [-0.1, -0.05) is 6.07 Å². The summed E-state index contributed by atoms with van der Waals surface area (Å²) in [5, 5.41) is 23.7. The zero-order valence-electron chi connectivity index (χ0n) is 12.4. The summed E-state index contributed by atoms with van der Waals surface area (Å²) < 4.78 is 0. The van der Waals surface area contributed by atoms with Crippen LogP contribution in [-0.2, 0) is 0 Å². The first-order valence-corrected chi connectivity index (χ1v) is 7.41. The highest BCUT2D eigenvalue weighted by molar-refractivity contribution is 5.45. The molecule has 4 nitrogen and oxygen atoms in total. The summed E-state index contributed by atoms with van der Waals surface area (Å²) in [6, 6.07) is 4.99. The Hall–Kier alpha value is -1.26. The van der Waals surface area contributed by atoms with E-state index in [0.717, 1.165) is 19.6 Å². The zero-order valence-corrected chi connectivity index (χ0v) is 12.4. The second-order valence-electron chi connectivity index (χ2n) is 6.72. The number of fused-ring (bicyclic) bond motifs is 1. The molecule has 0 spiro atoms. The molecule has 0 aromatic heterocycles. The Bertz CT molecular complexity index is 495. The molecular formula is C16H24N2O2. The maximum absolute atomic E-state index is 10.1. The second-order valence-corrected chi connectivity index (χ2v) is 6.72. The monoisotopic (exact) mass is 276 g/mol. The molecule has 2 aliphatic rings. The standard InChI is InChI=1S/C16H24N2O2/c1-10(15-13(19)5-4-6-14(15)20)18-9-11-7-17-8-12(11)16(18,2)3/h4-6,10-12,17,19-20H,7-9H2,1-3H3. The number of rotatable bonds is 2. The lowest BCUT2D eigenvalue weighted by Gasteiger charge is -2.40. The first-order valence-electron chi connectivity index (χ1n) is 7.41. The van der Waals surface area contributed by atoms with E-state index >= 15 is 0 Å². The molecule has 110 valence electrons. The Morgan fingerprint density at radius 3 is 2.50 bits per heavy atom. The number of phenols is 2. The lowest BCUT2D eigenvalue weighted by atomic mass is 9.84. The second kappa shape index (κ2) is 4.64. The van der Waals surface area contributed by atoms with E-state index in [9.17, 15) is 10.2 Å². The highest BCUT2D eigenvalue weighted by Gasteiger charge is 2.51. The molecule has 20 heavy (non-hydrogen) atoms. The van der Waals surface area contributed by atoms with Crippen LogP contribution in [0.25, 0.3) is 0 Å². The minimum atomic E-state index is 0.0109. The van der Waals surface area contributed by atoms with Crippen molar-refractivity contribution < 1.29 is 10.2 Å². The first kappa shape index (κ1) is 13.7. The lowest BCUT2D eigenvalue weighted by Crippen LogP contribution is -2.45. The van der Waals surface area contributed by atoms with Gasteiger partial charge in [0.2, 0.25) is 0 Å². The van der Waals surface area contributed by atoms with Gasteiger partial charge in [0.15, 0.2) is 0 Å². The lowest BCUT2D eigenvalue weighted by molar-refractivity contribution is 0.0945. The first-order chi connectivity index (χ1) is 9.43. The van der Waals surface area contributed by atoms with Crippen LogP contribution in [0.3, 0.4) is 0 Å². The number of nitrogens with one attached hydrogen (secondary N) is 1. The summed E-state index contributed by atoms with van der Waals surface area (Å²) in [4.78, 5) is 2.43. The van der Waals surface area contributed by atoms with Gasteiger partial charge in [0.25, 0.3) is 0 Å². The van der Waals surface area contributed by atoms with Crippen LogP contribution in [0.4, 0.5) is 0 Å². The van der Waals surface area contributed by atoms with Crippen molar-refractivity contribution >= 4 is 0 Å². The molecule has 0 bridgehead atoms. The van der Waals surface area contributed by atoms with Crippen LogP contribution in [0.2, 0.25) is 0 Å². The molecule has 1 aromatic carbocycles. The van der Waals surface area contributed by atoms with E-state index < -0.39 is 0 Å². The molecule has 0 amide bonds. The maximum Gasteiger partial charge on any atom is 0.124 e. The Morgan fingerprint density at radius 2 is 1.90 bits per heavy atom. The summed E-state index contributed by atoms with van der Waals surface area (Å²) in [6.45, 7) is 9.78. The van der Waals surface area contributed by atoms with Gasteiger partial charge in [-0.3, -0.25) is 4.90 Å². The molecule has 1 aromatic rings. The molecule has 2 fully saturated rings. The zero-order chi connectivity index (χ0) is 14.5. The van der Waals surface area contributed by atoms with Crippen LogP contribution < -0.4 is 5.32 Å². The average molecular weight is 276 g/mol. The minimum absolute atomic E-state index is 0.0109. The summed E-state index contributed by atoms with van der Waals surface area (Å²) in [7, 11) is 0. The molecule has 3 unspecified atom stereocenters. The van der Waals surface area contributed by atoms with Crippen molar-refractivity contribution in [2.75, 3.05) is 19.6 Å². The van der Waals surface area contributed by atoms with Crippen molar-refractivity contribution in [1.29, 1.82) is 0 Å². The van der Waals surface area contributed by atoms with E-state index in [1.54, 1.807) is 18.2 Å². The van der Waals surface area contributed by atoms with Gasteiger partial charge < -0.3 is 15.5 Å². The van der Waals surface area contributed by atoms with Crippen molar-refractivity contribution in [3.63, 3.8) is 0 Å². The number of likely N-dealkylation sites (tertiary alicyclic amines) is 1. The molecule has 3 N–H and O–H groups in total. The number of hydrogen-bond donors (Lipinski definition) is 3. The molecule has 2 saturated heterocycles. The van der Waals surface area contributed by atoms with Crippen LogP contribution in [0.5, 0.6) is 11.5 Å². The molecule has 0 aliphatic carbocycles. The fourth-order valence-electron chi connectivity index (χ4n) is 4.23. The van der Waals surface area contributed by atoms with Crippen LogP contribution in [0.15, 0.2) is 18.2 Å². The van der Waals surface area contributed by atoms with Gasteiger partial charge in [-0.05, 0) is 51.3 Å². The normalized spacial score (nSPS) is 30.4. The molecule has 0 radical (unpaired) electrons. The number of benzene rings is 1. The maximum atomic E-state index is 10.1. The summed E-state index contributed by atoms with van der Waals surface area (Å²) >= 11 is 0. The highest BCUT2D eigenvalue weighted by Crippen LogP contribution is 2.47. The third kappa shape index (κ3) is 1.90. The van der Waals surface area contributed by atoms with Gasteiger partial charge in [-0.25, -0.2) is 0 Å². The van der Waals surface area contributed by atoms with Crippen LogP contribution in [0, 0.1) is 11.8 Å². The number of aromatic hydroxyl groups is 2. The van der Waals surface area contributed by atoms with Gasteiger partial charge in [0.1, 0.15) is 11.5 Å². The Labute approximate surface area is 120 Å². The summed E-state index contributed by atoms with van der Waals surface area (Å²) in [5.74, 6) is 1.67. The summed E-state index contributed by atoms with van der Waals surface area (Å²) in [6.07, 6.45) is 0. The van der Waals surface area contributed by atoms with Crippen LogP contribution >= 0.6 is 0 Å². The minimum Gasteiger partial charge on any atom is -0.507 e. The fraction of sp³-hybridized carbons (Fsp3) is 0.625. The fourth-order valence-corrected chi connectivity index (χ4v) is 4.23. The van der Waals surface area contributed by atoms with Crippen molar-refractivity contribution in [2.24, 2.45) is 11.8 Å². The number of phenolic OH excluding ortho intramolecular Hbond substituents is 2. The van der Waals surface area contributed by atoms with E-state index in [1.807, 2.05) is 0 Å². The van der Waals surface area contributed by atoms with E-state index in [-0.39, 0.29) is 23.1 Å². The van der Waals surface area contributed by atoms with Crippen molar-refractivity contribution in [3.05, 3.63) is 23.8 Å². The van der Waals surface area contributed by atoms with E-state index in [2.05, 4.69) is 31.0 Å². The Kier molecular flexibility index (Phi) is 3.18. The molecule has 0 saturated carbocycles. The third-order valence-corrected chi connectivity index (χ3v) is 5.36. The van der Waals surface area contributed by atoms with Crippen molar-refractivity contribution in [2.45, 2.75) is 32.4 Å². The predicted octanol–water partition coefficient (Wildman–Crippen LogP) is 2.09. The van der Waals surface area contributed by atoms with Gasteiger partial charge in [0, 0.05) is 24.7 Å². The Morgan fingerprint density at radius 1 is 1.25 bits per heavy atom. The SMILES string of the molecule is CC(c1c(O)cccc1O)N1CC2CNCC2C1(C)C. The summed E-state index contributed by atoms with van der Waals surface area (Å²) in [5.41, 5.74) is 0.718. The number of nitrogens with zero attached hydrogens (tertiary/aromatic N) is 1. The molecule has 3 atom stereocenters. The van der Waals surface area contributed by atoms with Crippen LogP contribution in [0.1, 0.15) is 32.4 Å². The van der Waals surface area contributed by atoms with Crippen molar-refractivity contribution in [3.8, 4) is 11.5 Å². The molecular weight excluding hydrogens is 252 g/mol. The highest BCUT2D eigenvalue weighted by atomic mass is 16.3. The topological polar surface area (TPSA) is 55.7 Å². The molecule has 2 heterocycles. The van der Waals surface area contributed by atoms with Gasteiger partial charge in [0.05, 0.1) is 5.56 Å². The molecule has 4 heteroatoms. The predicted molar refractivity (Wildman–Crippen MR) is 78.8 cm³/mol. The largest absolute Gasteiger partial charge is 0.507 e. The van der Waals surface area contributed by atoms with E-state index in [4.69, 9.17) is 0 Å². The van der Waals surface area contributed by atoms with E-state index in [1.165, 1.54) is 0 Å². The number of hydrogen-bond acceptors (Lipinski definition) is 4. The van der Waals surface area contributed by atoms with Crippen LogP contribution in [-0.4, -0.2) is 40.3 Å².